The highest BCUT2D eigenvalue weighted by atomic mass is 32.1. The molecule has 3 heterocycles. The van der Waals surface area contributed by atoms with Crippen LogP contribution in [0.5, 0.6) is 5.75 Å². The van der Waals surface area contributed by atoms with Crippen LogP contribution >= 0.6 is 11.3 Å². The van der Waals surface area contributed by atoms with Gasteiger partial charge in [-0.3, -0.25) is 4.79 Å². The predicted molar refractivity (Wildman–Crippen MR) is 135 cm³/mol. The maximum absolute atomic E-state index is 12.8. The molecule has 1 amide bonds. The molecule has 1 saturated heterocycles. The molecule has 1 N–H and O–H groups in total. The van der Waals surface area contributed by atoms with E-state index in [4.69, 9.17) is 14.8 Å². The maximum Gasteiger partial charge on any atom is 0.223 e. The second-order valence-electron chi connectivity index (χ2n) is 8.62. The highest BCUT2D eigenvalue weighted by Crippen LogP contribution is 2.30. The number of aryl methyl sites for hydroxylation is 1. The molecule has 0 radical (unpaired) electrons. The number of ether oxygens (including phenoxy) is 1. The van der Waals surface area contributed by atoms with Crippen molar-refractivity contribution in [3.8, 4) is 17.0 Å². The van der Waals surface area contributed by atoms with Crippen molar-refractivity contribution in [2.45, 2.75) is 33.2 Å². The number of aromatic nitrogens is 3. The summed E-state index contributed by atoms with van der Waals surface area (Å²) in [4.78, 5) is 20.7. The molecule has 0 spiro atoms. The Morgan fingerprint density at radius 2 is 1.91 bits per heavy atom. The van der Waals surface area contributed by atoms with Gasteiger partial charge in [0.15, 0.2) is 0 Å². The zero-order chi connectivity index (χ0) is 23.5. The zero-order valence-electron chi connectivity index (χ0n) is 19.5. The smallest absolute Gasteiger partial charge is 0.223 e. The summed E-state index contributed by atoms with van der Waals surface area (Å²) < 4.78 is 7.53. The molecule has 2 aromatic carbocycles. The monoisotopic (exact) mass is 475 g/mol. The van der Waals surface area contributed by atoms with Crippen LogP contribution in [0.2, 0.25) is 0 Å². The minimum atomic E-state index is 0.0210. The van der Waals surface area contributed by atoms with Crippen LogP contribution in [0.3, 0.4) is 0 Å². The summed E-state index contributed by atoms with van der Waals surface area (Å²) >= 11 is 1.60. The summed E-state index contributed by atoms with van der Waals surface area (Å²) in [6.07, 6.45) is 3.62. The number of carbonyl (C=O) groups excluding carboxylic acids is 1. The van der Waals surface area contributed by atoms with Gasteiger partial charge in [0.1, 0.15) is 5.75 Å². The molecule has 1 aliphatic heterocycles. The van der Waals surface area contributed by atoms with Crippen LogP contribution < -0.4 is 15.0 Å². The van der Waals surface area contributed by atoms with Crippen LogP contribution in [0, 0.1) is 12.8 Å². The van der Waals surface area contributed by atoms with Gasteiger partial charge in [-0.2, -0.15) is 0 Å². The van der Waals surface area contributed by atoms with E-state index < -0.39 is 0 Å². The Labute approximate surface area is 203 Å². The Morgan fingerprint density at radius 1 is 1.15 bits per heavy atom. The molecule has 0 aliphatic carbocycles. The third kappa shape index (κ3) is 4.77. The number of nitrogens with one attached hydrogen (secondary N) is 1. The van der Waals surface area contributed by atoms with Crippen molar-refractivity contribution in [3.05, 3.63) is 65.9 Å². The van der Waals surface area contributed by atoms with Gasteiger partial charge in [-0.25, -0.2) is 9.50 Å². The zero-order valence-corrected chi connectivity index (χ0v) is 20.3. The van der Waals surface area contributed by atoms with Gasteiger partial charge < -0.3 is 15.0 Å². The summed E-state index contributed by atoms with van der Waals surface area (Å²) in [5.74, 6) is 0.967. The maximum atomic E-state index is 12.8. The van der Waals surface area contributed by atoms with E-state index in [0.29, 0.717) is 13.2 Å². The number of carbonyl (C=O) groups is 1. The lowest BCUT2D eigenvalue weighted by molar-refractivity contribution is -0.125. The van der Waals surface area contributed by atoms with Gasteiger partial charge in [-0.05, 0) is 32.8 Å². The molecule has 0 bridgehead atoms. The number of para-hydroxylation sites is 1. The largest absolute Gasteiger partial charge is 0.494 e. The molecule has 0 saturated carbocycles. The van der Waals surface area contributed by atoms with Gasteiger partial charge in [0.05, 0.1) is 18.5 Å². The molecule has 1 aliphatic rings. The first-order chi connectivity index (χ1) is 16.6. The Bertz CT molecular complexity index is 1240. The fraction of sp³-hybridized carbons (Fsp3) is 0.346. The second kappa shape index (κ2) is 9.85. The molecule has 5 rings (SSSR count). The minimum Gasteiger partial charge on any atom is -0.494 e. The highest BCUT2D eigenvalue weighted by molar-refractivity contribution is 7.20. The number of imidazole rings is 1. The molecule has 0 atom stereocenters. The van der Waals surface area contributed by atoms with Crippen molar-refractivity contribution in [1.82, 2.24) is 19.9 Å². The Hall–Kier alpha value is -3.39. The number of amides is 1. The summed E-state index contributed by atoms with van der Waals surface area (Å²) in [5, 5.41) is 8.82. The van der Waals surface area contributed by atoms with Gasteiger partial charge in [0.2, 0.25) is 16.0 Å². The second-order valence-corrected chi connectivity index (χ2v) is 9.56. The lowest BCUT2D eigenvalue weighted by Gasteiger charge is -2.30. The van der Waals surface area contributed by atoms with Crippen LogP contribution in [0.25, 0.3) is 16.2 Å². The average Bonchev–Trinajstić information content (AvgIpc) is 3.44. The summed E-state index contributed by atoms with van der Waals surface area (Å²) in [5.41, 5.74) is 4.27. The van der Waals surface area contributed by atoms with E-state index in [1.54, 1.807) is 11.3 Å². The number of piperidine rings is 1. The van der Waals surface area contributed by atoms with Crippen LogP contribution in [-0.2, 0) is 11.3 Å². The van der Waals surface area contributed by atoms with Gasteiger partial charge in [0, 0.05) is 36.7 Å². The van der Waals surface area contributed by atoms with Crippen LogP contribution in [0.4, 0.5) is 5.13 Å². The van der Waals surface area contributed by atoms with Gasteiger partial charge in [-0.1, -0.05) is 59.4 Å². The van der Waals surface area contributed by atoms with Crippen molar-refractivity contribution in [2.75, 3.05) is 24.6 Å². The van der Waals surface area contributed by atoms with E-state index in [9.17, 15) is 4.79 Å². The molecule has 8 heteroatoms. The fourth-order valence-corrected chi connectivity index (χ4v) is 5.22. The van der Waals surface area contributed by atoms with Crippen LogP contribution in [0.15, 0.2) is 54.7 Å². The third-order valence-corrected chi connectivity index (χ3v) is 7.22. The van der Waals surface area contributed by atoms with Gasteiger partial charge in [-0.15, -0.1) is 5.10 Å². The van der Waals surface area contributed by atoms with E-state index >= 15 is 0 Å². The number of anilines is 1. The van der Waals surface area contributed by atoms with Gasteiger partial charge in [0.25, 0.3) is 0 Å². The van der Waals surface area contributed by atoms with Gasteiger partial charge >= 0.3 is 0 Å². The number of benzene rings is 2. The van der Waals surface area contributed by atoms with E-state index in [1.807, 2.05) is 41.9 Å². The first kappa shape index (κ1) is 22.4. The van der Waals surface area contributed by atoms with E-state index in [-0.39, 0.29) is 11.8 Å². The SMILES string of the molecule is CCOc1ccccc1CNC(=O)C1CCN(c2nn3cc(-c4ccc(C)cc4)nc3s2)CC1. The fourth-order valence-electron chi connectivity index (χ4n) is 4.29. The van der Waals surface area contributed by atoms with Crippen molar-refractivity contribution in [2.24, 2.45) is 5.92 Å². The normalized spacial score (nSPS) is 14.5. The molecule has 34 heavy (non-hydrogen) atoms. The first-order valence-electron chi connectivity index (χ1n) is 11.8. The van der Waals surface area contributed by atoms with Crippen molar-refractivity contribution < 1.29 is 9.53 Å². The Kier molecular flexibility index (Phi) is 6.49. The number of nitrogens with zero attached hydrogens (tertiary/aromatic N) is 4. The molecule has 2 aromatic heterocycles. The molecule has 0 unspecified atom stereocenters. The van der Waals surface area contributed by atoms with Crippen LogP contribution in [-0.4, -0.2) is 40.2 Å². The predicted octanol–water partition coefficient (Wildman–Crippen LogP) is 4.70. The standard InChI is InChI=1S/C26H29N5O2S/c1-3-33-23-7-5-4-6-21(23)16-27-24(32)20-12-14-30(15-13-20)26-29-31-17-22(28-25(31)34-26)19-10-8-18(2)9-11-19/h4-11,17,20H,3,12-16H2,1-2H3,(H,27,32). The summed E-state index contributed by atoms with van der Waals surface area (Å²) in [6.45, 7) is 6.77. The quantitative estimate of drug-likeness (QED) is 0.420. The molecular formula is C26H29N5O2S. The van der Waals surface area contributed by atoms with Crippen molar-refractivity contribution in [3.63, 3.8) is 0 Å². The molecule has 1 fully saturated rings. The van der Waals surface area contributed by atoms with Crippen LogP contribution in [0.1, 0.15) is 30.9 Å². The topological polar surface area (TPSA) is 71.8 Å². The highest BCUT2D eigenvalue weighted by Gasteiger charge is 2.27. The summed E-state index contributed by atoms with van der Waals surface area (Å²) in [7, 11) is 0. The molecule has 7 nitrogen and oxygen atoms in total. The lowest BCUT2D eigenvalue weighted by Crippen LogP contribution is -2.40. The van der Waals surface area contributed by atoms with Crippen molar-refractivity contribution >= 4 is 27.3 Å². The molecule has 4 aromatic rings. The lowest BCUT2D eigenvalue weighted by atomic mass is 9.96. The van der Waals surface area contributed by atoms with E-state index in [2.05, 4.69) is 41.4 Å². The Morgan fingerprint density at radius 3 is 2.65 bits per heavy atom. The number of hydrogen-bond donors (Lipinski definition) is 1. The average molecular weight is 476 g/mol. The summed E-state index contributed by atoms with van der Waals surface area (Å²) in [6, 6.07) is 16.2. The number of rotatable bonds is 7. The molecule has 176 valence electrons. The number of fused-ring (bicyclic) bond motifs is 1. The molecular weight excluding hydrogens is 446 g/mol. The van der Waals surface area contributed by atoms with E-state index in [0.717, 1.165) is 58.6 Å². The Balaban J connectivity index is 1.17. The number of hydrogen-bond acceptors (Lipinski definition) is 6. The minimum absolute atomic E-state index is 0.0210. The van der Waals surface area contributed by atoms with E-state index in [1.165, 1.54) is 5.56 Å². The first-order valence-corrected chi connectivity index (χ1v) is 12.6. The van der Waals surface area contributed by atoms with Crippen molar-refractivity contribution in [1.29, 1.82) is 0 Å². The third-order valence-electron chi connectivity index (χ3n) is 6.24.